The number of carboxylic acids is 1. The summed E-state index contributed by atoms with van der Waals surface area (Å²) in [6.45, 7) is 5.19. The lowest BCUT2D eigenvalue weighted by Crippen LogP contribution is -2.44. The highest BCUT2D eigenvalue weighted by atomic mass is 16.6. The van der Waals surface area contributed by atoms with Gasteiger partial charge >= 0.3 is 12.1 Å². The zero-order chi connectivity index (χ0) is 23.1. The number of rotatable bonds is 7. The van der Waals surface area contributed by atoms with E-state index < -0.39 is 23.7 Å². The van der Waals surface area contributed by atoms with Crippen molar-refractivity contribution >= 4 is 29.1 Å². The molecule has 1 amide bonds. The van der Waals surface area contributed by atoms with Gasteiger partial charge in [0.05, 0.1) is 0 Å². The highest BCUT2D eigenvalue weighted by molar-refractivity contribution is 5.80. The molecule has 3 aromatic carbocycles. The number of ether oxygens (including phenoxy) is 1. The average Bonchev–Trinajstić information content (AvgIpc) is 2.75. The van der Waals surface area contributed by atoms with E-state index in [9.17, 15) is 14.7 Å². The zero-order valence-electron chi connectivity index (χ0n) is 18.5. The quantitative estimate of drug-likeness (QED) is 0.502. The lowest BCUT2D eigenvalue weighted by Gasteiger charge is -2.25. The van der Waals surface area contributed by atoms with Crippen molar-refractivity contribution < 1.29 is 19.4 Å². The van der Waals surface area contributed by atoms with Gasteiger partial charge in [-0.1, -0.05) is 48.5 Å². The molecule has 6 heteroatoms. The van der Waals surface area contributed by atoms with Crippen molar-refractivity contribution in [1.29, 1.82) is 0 Å². The van der Waals surface area contributed by atoms with E-state index in [4.69, 9.17) is 4.74 Å². The Bertz CT molecular complexity index is 989. The Kier molecular flexibility index (Phi) is 7.15. The Balaban J connectivity index is 1.80. The maximum absolute atomic E-state index is 12.0. The minimum absolute atomic E-state index is 0.144. The van der Waals surface area contributed by atoms with Crippen molar-refractivity contribution in [3.8, 4) is 0 Å². The van der Waals surface area contributed by atoms with Crippen molar-refractivity contribution in [3.63, 3.8) is 0 Å². The van der Waals surface area contributed by atoms with Crippen LogP contribution in [-0.4, -0.2) is 28.8 Å². The first-order chi connectivity index (χ1) is 15.2. The monoisotopic (exact) mass is 432 g/mol. The van der Waals surface area contributed by atoms with Gasteiger partial charge in [0, 0.05) is 23.5 Å². The van der Waals surface area contributed by atoms with Crippen molar-refractivity contribution in [2.75, 3.05) is 4.90 Å². The molecular formula is C26H28N2O4. The fraction of sp³-hybridized carbons (Fsp3) is 0.231. The van der Waals surface area contributed by atoms with Gasteiger partial charge in [0.1, 0.15) is 11.6 Å². The second-order valence-corrected chi connectivity index (χ2v) is 8.41. The van der Waals surface area contributed by atoms with Crippen molar-refractivity contribution in [2.45, 2.75) is 38.8 Å². The van der Waals surface area contributed by atoms with Gasteiger partial charge < -0.3 is 20.1 Å². The Morgan fingerprint density at radius 2 is 1.31 bits per heavy atom. The van der Waals surface area contributed by atoms with Gasteiger partial charge in [0.15, 0.2) is 0 Å². The summed E-state index contributed by atoms with van der Waals surface area (Å²) in [5.41, 5.74) is 3.06. The van der Waals surface area contributed by atoms with Crippen LogP contribution in [0.4, 0.5) is 21.9 Å². The van der Waals surface area contributed by atoms with Crippen LogP contribution in [0.2, 0.25) is 0 Å². The number of benzene rings is 3. The molecular weight excluding hydrogens is 404 g/mol. The topological polar surface area (TPSA) is 78.9 Å². The maximum Gasteiger partial charge on any atom is 0.408 e. The number of carbonyl (C=O) groups is 2. The standard InChI is InChI=1S/C26H28N2O4/c1-26(2,3)32-25(31)27-23(24(29)30)18-19-14-16-22(17-15-19)28(20-10-6-4-7-11-20)21-12-8-5-9-13-21/h4-17,23H,18H2,1-3H3,(H,27,31)(H,29,30). The van der Waals surface area contributed by atoms with Gasteiger partial charge in [-0.25, -0.2) is 9.59 Å². The first kappa shape index (κ1) is 22.9. The van der Waals surface area contributed by atoms with Crippen LogP contribution in [-0.2, 0) is 16.0 Å². The average molecular weight is 433 g/mol. The van der Waals surface area contributed by atoms with Crippen LogP contribution >= 0.6 is 0 Å². The van der Waals surface area contributed by atoms with E-state index in [1.54, 1.807) is 20.8 Å². The maximum atomic E-state index is 12.0. The summed E-state index contributed by atoms with van der Waals surface area (Å²) in [6, 6.07) is 26.6. The molecule has 0 aromatic heterocycles. The molecule has 0 aliphatic carbocycles. The predicted molar refractivity (Wildman–Crippen MR) is 126 cm³/mol. The molecule has 0 bridgehead atoms. The largest absolute Gasteiger partial charge is 0.480 e. The lowest BCUT2D eigenvalue weighted by atomic mass is 10.0. The van der Waals surface area contributed by atoms with Gasteiger partial charge in [0.2, 0.25) is 0 Å². The van der Waals surface area contributed by atoms with Crippen molar-refractivity contribution in [3.05, 3.63) is 90.5 Å². The minimum atomic E-state index is -1.12. The first-order valence-electron chi connectivity index (χ1n) is 10.4. The molecule has 0 radical (unpaired) electrons. The summed E-state index contributed by atoms with van der Waals surface area (Å²) in [4.78, 5) is 25.8. The second kappa shape index (κ2) is 10.0. The number of para-hydroxylation sites is 2. The van der Waals surface area contributed by atoms with Gasteiger partial charge in [0.25, 0.3) is 0 Å². The van der Waals surface area contributed by atoms with E-state index in [1.807, 2.05) is 84.9 Å². The number of carbonyl (C=O) groups excluding carboxylic acids is 1. The van der Waals surface area contributed by atoms with E-state index in [-0.39, 0.29) is 6.42 Å². The number of aliphatic carboxylic acids is 1. The van der Waals surface area contributed by atoms with E-state index in [2.05, 4.69) is 10.2 Å². The van der Waals surface area contributed by atoms with Crippen LogP contribution in [0.15, 0.2) is 84.9 Å². The highest BCUT2D eigenvalue weighted by Crippen LogP contribution is 2.34. The number of carboxylic acid groups (broad SMARTS) is 1. The summed E-state index contributed by atoms with van der Waals surface area (Å²) in [6.07, 6.45) is -0.605. The lowest BCUT2D eigenvalue weighted by molar-refractivity contribution is -0.139. The van der Waals surface area contributed by atoms with Crippen LogP contribution in [0.1, 0.15) is 26.3 Å². The number of nitrogens with zero attached hydrogens (tertiary/aromatic N) is 1. The third-order valence-corrected chi connectivity index (χ3v) is 4.65. The Labute approximate surface area is 188 Å². The first-order valence-corrected chi connectivity index (χ1v) is 10.4. The van der Waals surface area contributed by atoms with Gasteiger partial charge in [-0.15, -0.1) is 0 Å². The minimum Gasteiger partial charge on any atom is -0.480 e. The SMILES string of the molecule is CC(C)(C)OC(=O)NC(Cc1ccc(N(c2ccccc2)c2ccccc2)cc1)C(=O)O. The van der Waals surface area contributed by atoms with E-state index in [1.165, 1.54) is 0 Å². The second-order valence-electron chi connectivity index (χ2n) is 8.41. The Morgan fingerprint density at radius 3 is 1.75 bits per heavy atom. The van der Waals surface area contributed by atoms with Crippen LogP contribution in [0.5, 0.6) is 0 Å². The summed E-state index contributed by atoms with van der Waals surface area (Å²) in [7, 11) is 0. The third kappa shape index (κ3) is 6.35. The summed E-state index contributed by atoms with van der Waals surface area (Å²) in [5.74, 6) is -1.12. The van der Waals surface area contributed by atoms with Crippen molar-refractivity contribution in [1.82, 2.24) is 5.32 Å². The molecule has 3 aromatic rings. The molecule has 0 aliphatic heterocycles. The van der Waals surface area contributed by atoms with Crippen LogP contribution in [0.25, 0.3) is 0 Å². The van der Waals surface area contributed by atoms with Crippen LogP contribution in [0, 0.1) is 0 Å². The fourth-order valence-corrected chi connectivity index (χ4v) is 3.27. The summed E-state index contributed by atoms with van der Waals surface area (Å²) < 4.78 is 5.18. The normalized spacial score (nSPS) is 12.0. The van der Waals surface area contributed by atoms with Gasteiger partial charge in [-0.05, 0) is 62.7 Å². The Hall–Kier alpha value is -3.80. The molecule has 0 saturated carbocycles. The highest BCUT2D eigenvalue weighted by Gasteiger charge is 2.24. The molecule has 166 valence electrons. The number of amides is 1. The fourth-order valence-electron chi connectivity index (χ4n) is 3.27. The molecule has 1 atom stereocenters. The molecule has 6 nitrogen and oxygen atoms in total. The van der Waals surface area contributed by atoms with E-state index in [0.717, 1.165) is 22.6 Å². The Morgan fingerprint density at radius 1 is 0.844 bits per heavy atom. The number of anilines is 3. The number of hydrogen-bond acceptors (Lipinski definition) is 4. The molecule has 2 N–H and O–H groups in total. The number of hydrogen-bond donors (Lipinski definition) is 2. The summed E-state index contributed by atoms with van der Waals surface area (Å²) >= 11 is 0. The van der Waals surface area contributed by atoms with Crippen LogP contribution in [0.3, 0.4) is 0 Å². The number of nitrogens with one attached hydrogen (secondary N) is 1. The van der Waals surface area contributed by atoms with E-state index >= 15 is 0 Å². The molecule has 1 unspecified atom stereocenters. The van der Waals surface area contributed by atoms with E-state index in [0.29, 0.717) is 0 Å². The predicted octanol–water partition coefficient (Wildman–Crippen LogP) is 5.68. The van der Waals surface area contributed by atoms with Crippen molar-refractivity contribution in [2.24, 2.45) is 0 Å². The smallest absolute Gasteiger partial charge is 0.408 e. The molecule has 0 saturated heterocycles. The molecule has 32 heavy (non-hydrogen) atoms. The van der Waals surface area contributed by atoms with Gasteiger partial charge in [-0.3, -0.25) is 0 Å². The van der Waals surface area contributed by atoms with Crippen LogP contribution < -0.4 is 10.2 Å². The molecule has 0 spiro atoms. The molecule has 3 rings (SSSR count). The zero-order valence-corrected chi connectivity index (χ0v) is 18.5. The van der Waals surface area contributed by atoms with Gasteiger partial charge in [-0.2, -0.15) is 0 Å². The molecule has 0 fully saturated rings. The molecule has 0 heterocycles. The summed E-state index contributed by atoms with van der Waals surface area (Å²) in [5, 5.41) is 12.0. The number of alkyl carbamates (subject to hydrolysis) is 1. The third-order valence-electron chi connectivity index (χ3n) is 4.65. The molecule has 0 aliphatic rings.